The van der Waals surface area contributed by atoms with E-state index in [-0.39, 0.29) is 5.78 Å². The second-order valence-electron chi connectivity index (χ2n) is 7.14. The molecule has 0 saturated carbocycles. The topological polar surface area (TPSA) is 72.5 Å². The van der Waals surface area contributed by atoms with Gasteiger partial charge in [-0.25, -0.2) is 13.6 Å². The van der Waals surface area contributed by atoms with Gasteiger partial charge in [0, 0.05) is 5.56 Å². The molecule has 0 aliphatic carbocycles. The van der Waals surface area contributed by atoms with E-state index in [1.807, 2.05) is 13.0 Å². The van der Waals surface area contributed by atoms with E-state index < -0.39 is 47.6 Å². The van der Waals surface area contributed by atoms with Gasteiger partial charge < -0.3 is 10.1 Å². The molecule has 5 nitrogen and oxygen atoms in total. The first-order chi connectivity index (χ1) is 13.6. The number of halogens is 2. The van der Waals surface area contributed by atoms with E-state index in [1.165, 1.54) is 0 Å². The van der Waals surface area contributed by atoms with Gasteiger partial charge in [-0.1, -0.05) is 37.6 Å². The van der Waals surface area contributed by atoms with Gasteiger partial charge in [-0.05, 0) is 43.5 Å². The maximum absolute atomic E-state index is 13.8. The lowest BCUT2D eigenvalue weighted by Gasteiger charge is -2.21. The number of carbonyl (C=O) groups is 3. The van der Waals surface area contributed by atoms with E-state index >= 15 is 0 Å². The predicted molar refractivity (Wildman–Crippen MR) is 104 cm³/mol. The van der Waals surface area contributed by atoms with Crippen LogP contribution in [-0.4, -0.2) is 30.3 Å². The molecule has 2 rings (SSSR count). The summed E-state index contributed by atoms with van der Waals surface area (Å²) >= 11 is 0. The summed E-state index contributed by atoms with van der Waals surface area (Å²) in [5.74, 6) is -4.82. The number of carbonyl (C=O) groups excluding carboxylic acids is 3. The number of ketones is 1. The summed E-state index contributed by atoms with van der Waals surface area (Å²) < 4.78 is 32.7. The zero-order valence-electron chi connectivity index (χ0n) is 16.7. The van der Waals surface area contributed by atoms with Crippen molar-refractivity contribution in [2.45, 2.75) is 33.7 Å². The Kier molecular flexibility index (Phi) is 7.20. The second kappa shape index (κ2) is 9.41. The standard InChI is InChI=1S/C22H23F2NO4/c1-12(2)20(25-21(27)19-16(23)6-5-7-17(19)24)22(28)29-11-18(26)15-10-13(3)8-9-14(15)4/h5-10,12,20H,11H2,1-4H3,(H,25,27)/t20-/m0/s1. The zero-order valence-corrected chi connectivity index (χ0v) is 16.7. The Morgan fingerprint density at radius 2 is 1.66 bits per heavy atom. The normalized spacial score (nSPS) is 11.8. The fourth-order valence-electron chi connectivity index (χ4n) is 2.77. The Balaban J connectivity index is 2.09. The van der Waals surface area contributed by atoms with Gasteiger partial charge in [0.2, 0.25) is 5.78 Å². The first-order valence-electron chi connectivity index (χ1n) is 9.13. The van der Waals surface area contributed by atoms with Gasteiger partial charge in [0.15, 0.2) is 6.61 Å². The van der Waals surface area contributed by atoms with Crippen molar-refractivity contribution < 1.29 is 27.9 Å². The van der Waals surface area contributed by atoms with Gasteiger partial charge in [0.1, 0.15) is 23.2 Å². The fraction of sp³-hybridized carbons (Fsp3) is 0.318. The fourth-order valence-corrected chi connectivity index (χ4v) is 2.77. The molecule has 0 bridgehead atoms. The van der Waals surface area contributed by atoms with Crippen molar-refractivity contribution in [3.05, 3.63) is 70.3 Å². The predicted octanol–water partition coefficient (Wildman–Crippen LogP) is 3.76. The van der Waals surface area contributed by atoms with Crippen LogP contribution < -0.4 is 5.32 Å². The van der Waals surface area contributed by atoms with Crippen LogP contribution in [0.4, 0.5) is 8.78 Å². The molecule has 0 radical (unpaired) electrons. The molecule has 1 amide bonds. The molecule has 0 heterocycles. The first-order valence-corrected chi connectivity index (χ1v) is 9.13. The number of benzene rings is 2. The Hall–Kier alpha value is -3.09. The highest BCUT2D eigenvalue weighted by atomic mass is 19.1. The van der Waals surface area contributed by atoms with E-state index in [2.05, 4.69) is 5.32 Å². The summed E-state index contributed by atoms with van der Waals surface area (Å²) in [5.41, 5.74) is 1.30. The first kappa shape index (κ1) is 22.2. The molecule has 0 aromatic heterocycles. The van der Waals surface area contributed by atoms with Gasteiger partial charge >= 0.3 is 5.97 Å². The maximum atomic E-state index is 13.8. The molecule has 0 saturated heterocycles. The monoisotopic (exact) mass is 403 g/mol. The lowest BCUT2D eigenvalue weighted by molar-refractivity contribution is -0.145. The molecular weight excluding hydrogens is 380 g/mol. The summed E-state index contributed by atoms with van der Waals surface area (Å²) in [6, 6.07) is 7.22. The lowest BCUT2D eigenvalue weighted by Crippen LogP contribution is -2.46. The van der Waals surface area contributed by atoms with Crippen molar-refractivity contribution in [1.82, 2.24) is 5.32 Å². The van der Waals surface area contributed by atoms with Crippen molar-refractivity contribution in [3.8, 4) is 0 Å². The number of ether oxygens (including phenoxy) is 1. The molecule has 0 fully saturated rings. The summed E-state index contributed by atoms with van der Waals surface area (Å²) in [4.78, 5) is 37.1. The summed E-state index contributed by atoms with van der Waals surface area (Å²) in [6.07, 6.45) is 0. The quantitative estimate of drug-likeness (QED) is 0.564. The summed E-state index contributed by atoms with van der Waals surface area (Å²) in [5, 5.41) is 2.29. The minimum atomic E-state index is -1.17. The number of nitrogens with one attached hydrogen (secondary N) is 1. The molecular formula is C22H23F2NO4. The van der Waals surface area contributed by atoms with Crippen molar-refractivity contribution >= 4 is 17.7 Å². The van der Waals surface area contributed by atoms with E-state index in [9.17, 15) is 23.2 Å². The highest BCUT2D eigenvalue weighted by Crippen LogP contribution is 2.15. The average molecular weight is 403 g/mol. The Morgan fingerprint density at radius 3 is 2.24 bits per heavy atom. The number of esters is 1. The molecule has 7 heteroatoms. The van der Waals surface area contributed by atoms with Crippen molar-refractivity contribution in [1.29, 1.82) is 0 Å². The SMILES string of the molecule is Cc1ccc(C)c(C(=O)COC(=O)[C@@H](NC(=O)c2c(F)cccc2F)C(C)C)c1. The third-order valence-electron chi connectivity index (χ3n) is 4.44. The number of Topliss-reactive ketones (excluding diaryl/α,β-unsaturated/α-hetero) is 1. The van der Waals surface area contributed by atoms with E-state index in [0.717, 1.165) is 29.3 Å². The van der Waals surface area contributed by atoms with Crippen LogP contribution in [-0.2, 0) is 9.53 Å². The van der Waals surface area contributed by atoms with Crippen molar-refractivity contribution in [2.24, 2.45) is 5.92 Å². The third kappa shape index (κ3) is 5.47. The molecule has 0 spiro atoms. The molecule has 2 aromatic carbocycles. The van der Waals surface area contributed by atoms with Crippen LogP contribution in [0, 0.1) is 31.4 Å². The number of amides is 1. The highest BCUT2D eigenvalue weighted by molar-refractivity contribution is 6.00. The molecule has 0 aliphatic heterocycles. The number of aryl methyl sites for hydroxylation is 2. The number of rotatable bonds is 7. The molecule has 154 valence electrons. The van der Waals surface area contributed by atoms with Crippen LogP contribution in [0.25, 0.3) is 0 Å². The van der Waals surface area contributed by atoms with Crippen molar-refractivity contribution in [2.75, 3.05) is 6.61 Å². The van der Waals surface area contributed by atoms with Gasteiger partial charge in [0.05, 0.1) is 0 Å². The third-order valence-corrected chi connectivity index (χ3v) is 4.44. The highest BCUT2D eigenvalue weighted by Gasteiger charge is 2.29. The molecule has 1 atom stereocenters. The molecule has 29 heavy (non-hydrogen) atoms. The Morgan fingerprint density at radius 1 is 1.03 bits per heavy atom. The minimum absolute atomic E-state index is 0.381. The second-order valence-corrected chi connectivity index (χ2v) is 7.14. The maximum Gasteiger partial charge on any atom is 0.329 e. The van der Waals surface area contributed by atoms with Crippen LogP contribution in [0.2, 0.25) is 0 Å². The van der Waals surface area contributed by atoms with Crippen molar-refractivity contribution in [3.63, 3.8) is 0 Å². The van der Waals surface area contributed by atoms with Crippen LogP contribution in [0.15, 0.2) is 36.4 Å². The van der Waals surface area contributed by atoms with E-state index in [4.69, 9.17) is 4.74 Å². The van der Waals surface area contributed by atoms with Gasteiger partial charge in [-0.15, -0.1) is 0 Å². The molecule has 1 N–H and O–H groups in total. The van der Waals surface area contributed by atoms with Crippen LogP contribution in [0.1, 0.15) is 45.7 Å². The van der Waals surface area contributed by atoms with Gasteiger partial charge in [-0.2, -0.15) is 0 Å². The van der Waals surface area contributed by atoms with Gasteiger partial charge in [0.25, 0.3) is 5.91 Å². The van der Waals surface area contributed by atoms with Crippen LogP contribution in [0.3, 0.4) is 0 Å². The minimum Gasteiger partial charge on any atom is -0.456 e. The van der Waals surface area contributed by atoms with Crippen LogP contribution in [0.5, 0.6) is 0 Å². The smallest absolute Gasteiger partial charge is 0.329 e. The van der Waals surface area contributed by atoms with E-state index in [0.29, 0.717) is 5.56 Å². The Bertz CT molecular complexity index is 920. The summed E-state index contributed by atoms with van der Waals surface area (Å²) in [7, 11) is 0. The zero-order chi connectivity index (χ0) is 21.7. The number of hydrogen-bond donors (Lipinski definition) is 1. The van der Waals surface area contributed by atoms with Crippen LogP contribution >= 0.6 is 0 Å². The number of hydrogen-bond acceptors (Lipinski definition) is 4. The molecule has 2 aromatic rings. The molecule has 0 aliphatic rings. The Labute approximate surface area is 168 Å². The average Bonchev–Trinajstić information content (AvgIpc) is 2.65. The largest absolute Gasteiger partial charge is 0.456 e. The summed E-state index contributed by atoms with van der Waals surface area (Å²) in [6.45, 7) is 6.38. The lowest BCUT2D eigenvalue weighted by atomic mass is 10.0. The van der Waals surface area contributed by atoms with E-state index in [1.54, 1.807) is 32.9 Å². The van der Waals surface area contributed by atoms with Gasteiger partial charge in [-0.3, -0.25) is 9.59 Å². The molecule has 0 unspecified atom stereocenters.